The Labute approximate surface area is 191 Å². The Morgan fingerprint density at radius 1 is 0.970 bits per heavy atom. The van der Waals surface area contributed by atoms with E-state index >= 15 is 0 Å². The summed E-state index contributed by atoms with van der Waals surface area (Å²) in [6.45, 7) is 5.21. The van der Waals surface area contributed by atoms with Gasteiger partial charge in [0.2, 0.25) is 0 Å². The second kappa shape index (κ2) is 9.70. The van der Waals surface area contributed by atoms with Gasteiger partial charge in [-0.25, -0.2) is 8.42 Å². The van der Waals surface area contributed by atoms with Crippen molar-refractivity contribution in [2.45, 2.75) is 31.8 Å². The average Bonchev–Trinajstić information content (AvgIpc) is 2.73. The number of carbonyl (C=O) groups excluding carboxylic acids is 1. The molecule has 0 aliphatic carbocycles. The minimum absolute atomic E-state index is 0.0240. The van der Waals surface area contributed by atoms with Crippen LogP contribution in [-0.4, -0.2) is 25.4 Å². The second-order valence-electron chi connectivity index (χ2n) is 7.48. The largest absolute Gasteiger partial charge is 0.474 e. The maximum Gasteiger partial charge on any atom is 0.310 e. The van der Waals surface area contributed by atoms with Crippen LogP contribution in [0.5, 0.6) is 5.75 Å². The molecule has 0 fully saturated rings. The third-order valence-electron chi connectivity index (χ3n) is 4.64. The van der Waals surface area contributed by atoms with E-state index in [4.69, 9.17) is 4.74 Å². The lowest BCUT2D eigenvalue weighted by atomic mass is 10.1. The number of nitro groups is 1. The Morgan fingerprint density at radius 3 is 2.18 bits per heavy atom. The summed E-state index contributed by atoms with van der Waals surface area (Å²) in [5.41, 5.74) is 2.43. The molecular formula is C23H23N3O6S. The van der Waals surface area contributed by atoms with Gasteiger partial charge in [-0.3, -0.25) is 19.6 Å². The van der Waals surface area contributed by atoms with E-state index in [1.807, 2.05) is 19.9 Å². The molecular weight excluding hydrogens is 446 g/mol. The van der Waals surface area contributed by atoms with Crippen molar-refractivity contribution in [3.8, 4) is 5.75 Å². The van der Waals surface area contributed by atoms with Crippen LogP contribution in [0.2, 0.25) is 0 Å². The molecule has 33 heavy (non-hydrogen) atoms. The molecule has 2 N–H and O–H groups in total. The van der Waals surface area contributed by atoms with Crippen molar-refractivity contribution in [3.05, 3.63) is 88.0 Å². The number of nitrogens with one attached hydrogen (secondary N) is 2. The van der Waals surface area contributed by atoms with Crippen LogP contribution < -0.4 is 14.8 Å². The summed E-state index contributed by atoms with van der Waals surface area (Å²) >= 11 is 0. The Morgan fingerprint density at radius 2 is 1.58 bits per heavy atom. The number of sulfonamides is 1. The van der Waals surface area contributed by atoms with Gasteiger partial charge in [-0.15, -0.1) is 0 Å². The summed E-state index contributed by atoms with van der Waals surface area (Å²) in [4.78, 5) is 23.0. The highest BCUT2D eigenvalue weighted by atomic mass is 32.2. The Kier molecular flexibility index (Phi) is 6.98. The van der Waals surface area contributed by atoms with E-state index in [1.165, 1.54) is 49.4 Å². The topological polar surface area (TPSA) is 128 Å². The fourth-order valence-corrected chi connectivity index (χ4v) is 4.20. The van der Waals surface area contributed by atoms with Crippen LogP contribution >= 0.6 is 0 Å². The maximum atomic E-state index is 12.7. The van der Waals surface area contributed by atoms with Crippen molar-refractivity contribution in [1.82, 2.24) is 0 Å². The van der Waals surface area contributed by atoms with Gasteiger partial charge in [-0.2, -0.15) is 0 Å². The molecule has 0 aliphatic heterocycles. The predicted octanol–water partition coefficient (Wildman–Crippen LogP) is 4.42. The average molecular weight is 470 g/mol. The normalized spacial score (nSPS) is 12.0. The number of carbonyl (C=O) groups is 1. The number of anilines is 2. The lowest BCUT2D eigenvalue weighted by Crippen LogP contribution is -2.30. The van der Waals surface area contributed by atoms with Crippen LogP contribution in [0.3, 0.4) is 0 Å². The SMILES string of the molecule is Cc1cc(C)cc(NS(=O)(=O)c2ccc(NC(=O)C(C)Oc3ccccc3[N+](=O)[O-])cc2)c1. The molecule has 1 atom stereocenters. The molecule has 10 heteroatoms. The number of nitrogens with zero attached hydrogens (tertiary/aromatic N) is 1. The molecule has 0 heterocycles. The summed E-state index contributed by atoms with van der Waals surface area (Å²) in [5, 5.41) is 13.7. The standard InChI is InChI=1S/C23H23N3O6S/c1-15-12-16(2)14-19(13-15)25-33(30,31)20-10-8-18(9-11-20)24-23(27)17(3)32-22-7-5-4-6-21(22)26(28)29/h4-14,17,25H,1-3H3,(H,24,27). The van der Waals surface area contributed by atoms with Crippen LogP contribution in [-0.2, 0) is 14.8 Å². The number of nitro benzene ring substituents is 1. The molecule has 1 unspecified atom stereocenters. The smallest absolute Gasteiger partial charge is 0.310 e. The van der Waals surface area contributed by atoms with E-state index in [9.17, 15) is 23.3 Å². The van der Waals surface area contributed by atoms with E-state index in [0.29, 0.717) is 11.4 Å². The van der Waals surface area contributed by atoms with Gasteiger partial charge >= 0.3 is 5.69 Å². The molecule has 3 rings (SSSR count). The Balaban J connectivity index is 1.67. The van der Waals surface area contributed by atoms with Crippen molar-refractivity contribution in [3.63, 3.8) is 0 Å². The molecule has 0 saturated carbocycles. The number of benzene rings is 3. The van der Waals surface area contributed by atoms with Gasteiger partial charge in [0.25, 0.3) is 15.9 Å². The number of ether oxygens (including phenoxy) is 1. The zero-order valence-electron chi connectivity index (χ0n) is 18.2. The molecule has 172 valence electrons. The first-order chi connectivity index (χ1) is 15.5. The molecule has 0 spiro atoms. The number of rotatable bonds is 8. The lowest BCUT2D eigenvalue weighted by molar-refractivity contribution is -0.386. The molecule has 0 saturated heterocycles. The Hall–Kier alpha value is -3.92. The highest BCUT2D eigenvalue weighted by Crippen LogP contribution is 2.27. The van der Waals surface area contributed by atoms with Gasteiger partial charge in [0.05, 0.1) is 9.82 Å². The highest BCUT2D eigenvalue weighted by molar-refractivity contribution is 7.92. The molecule has 9 nitrogen and oxygen atoms in total. The summed E-state index contributed by atoms with van der Waals surface area (Å²) in [7, 11) is -3.81. The maximum absolute atomic E-state index is 12.7. The zero-order valence-corrected chi connectivity index (χ0v) is 19.0. The number of amides is 1. The predicted molar refractivity (Wildman–Crippen MR) is 125 cm³/mol. The number of hydrogen-bond donors (Lipinski definition) is 2. The van der Waals surface area contributed by atoms with Gasteiger partial charge in [-0.05, 0) is 74.4 Å². The third kappa shape index (κ3) is 6.07. The monoisotopic (exact) mass is 469 g/mol. The fraction of sp³-hybridized carbons (Fsp3) is 0.174. The first-order valence-electron chi connectivity index (χ1n) is 9.97. The minimum Gasteiger partial charge on any atom is -0.474 e. The van der Waals surface area contributed by atoms with Gasteiger partial charge in [-0.1, -0.05) is 18.2 Å². The summed E-state index contributed by atoms with van der Waals surface area (Å²) in [5.74, 6) is -0.568. The quantitative estimate of drug-likeness (QED) is 0.371. The van der Waals surface area contributed by atoms with Crippen LogP contribution in [0.4, 0.5) is 17.1 Å². The van der Waals surface area contributed by atoms with E-state index in [-0.39, 0.29) is 16.3 Å². The van der Waals surface area contributed by atoms with Gasteiger partial charge < -0.3 is 10.1 Å². The van der Waals surface area contributed by atoms with Crippen LogP contribution in [0.1, 0.15) is 18.1 Å². The van der Waals surface area contributed by atoms with Crippen LogP contribution in [0, 0.1) is 24.0 Å². The number of hydrogen-bond acceptors (Lipinski definition) is 6. The number of aryl methyl sites for hydroxylation is 2. The van der Waals surface area contributed by atoms with Crippen LogP contribution in [0.15, 0.2) is 71.6 Å². The molecule has 1 amide bonds. The van der Waals surface area contributed by atoms with Gasteiger partial charge in [0.1, 0.15) is 0 Å². The molecule has 3 aromatic carbocycles. The summed E-state index contributed by atoms with van der Waals surface area (Å²) in [6, 6.07) is 16.8. The van der Waals surface area contributed by atoms with Gasteiger partial charge in [0.15, 0.2) is 11.9 Å². The molecule has 0 radical (unpaired) electrons. The molecule has 0 aromatic heterocycles. The van der Waals surface area contributed by atoms with Crippen molar-refractivity contribution in [1.29, 1.82) is 0 Å². The van der Waals surface area contributed by atoms with Crippen LogP contribution in [0.25, 0.3) is 0 Å². The zero-order chi connectivity index (χ0) is 24.2. The van der Waals surface area contributed by atoms with E-state index in [1.54, 1.807) is 18.2 Å². The molecule has 3 aromatic rings. The van der Waals surface area contributed by atoms with E-state index in [0.717, 1.165) is 11.1 Å². The van der Waals surface area contributed by atoms with E-state index < -0.39 is 27.0 Å². The van der Waals surface area contributed by atoms with Crippen molar-refractivity contribution >= 4 is 33.0 Å². The second-order valence-corrected chi connectivity index (χ2v) is 9.16. The third-order valence-corrected chi connectivity index (χ3v) is 6.04. The lowest BCUT2D eigenvalue weighted by Gasteiger charge is -2.15. The summed E-state index contributed by atoms with van der Waals surface area (Å²) < 4.78 is 33.4. The molecule has 0 aliphatic rings. The minimum atomic E-state index is -3.81. The van der Waals surface area contributed by atoms with Gasteiger partial charge in [0, 0.05) is 17.4 Å². The van der Waals surface area contributed by atoms with E-state index in [2.05, 4.69) is 10.0 Å². The number of para-hydroxylation sites is 2. The van der Waals surface area contributed by atoms with Crippen molar-refractivity contribution in [2.24, 2.45) is 0 Å². The first kappa shape index (κ1) is 23.7. The first-order valence-corrected chi connectivity index (χ1v) is 11.5. The highest BCUT2D eigenvalue weighted by Gasteiger charge is 2.21. The summed E-state index contributed by atoms with van der Waals surface area (Å²) in [6.07, 6.45) is -1.03. The van der Waals surface area contributed by atoms with Crippen molar-refractivity contribution in [2.75, 3.05) is 10.0 Å². The Bertz CT molecular complexity index is 1270. The van der Waals surface area contributed by atoms with Crippen molar-refractivity contribution < 1.29 is 22.9 Å². The fourth-order valence-electron chi connectivity index (χ4n) is 3.16. The molecule has 0 bridgehead atoms.